The van der Waals surface area contributed by atoms with Crippen LogP contribution in [0, 0.1) is 5.92 Å². The molecule has 5 nitrogen and oxygen atoms in total. The molecule has 26 heavy (non-hydrogen) atoms. The predicted molar refractivity (Wildman–Crippen MR) is 101 cm³/mol. The Morgan fingerprint density at radius 3 is 2.58 bits per heavy atom. The fourth-order valence-corrected chi connectivity index (χ4v) is 5.13. The third-order valence-corrected chi connectivity index (χ3v) is 6.76. The van der Waals surface area contributed by atoms with E-state index in [-0.39, 0.29) is 23.6 Å². The highest BCUT2D eigenvalue weighted by atomic mass is 16.3. The van der Waals surface area contributed by atoms with E-state index in [1.54, 1.807) is 0 Å². The Morgan fingerprint density at radius 1 is 1.23 bits per heavy atom. The van der Waals surface area contributed by atoms with Crippen LogP contribution in [0.2, 0.25) is 0 Å². The molecule has 1 amide bonds. The first-order valence-corrected chi connectivity index (χ1v) is 10.3. The Hall–Kier alpha value is -1.46. The van der Waals surface area contributed by atoms with Crippen LogP contribution in [0.5, 0.6) is 0 Å². The van der Waals surface area contributed by atoms with E-state index >= 15 is 0 Å². The molecule has 2 N–H and O–H groups in total. The van der Waals surface area contributed by atoms with Crippen molar-refractivity contribution in [3.63, 3.8) is 0 Å². The van der Waals surface area contributed by atoms with Gasteiger partial charge in [0.15, 0.2) is 0 Å². The number of nitrogens with one attached hydrogen (secondary N) is 1. The molecule has 1 atom stereocenters. The van der Waals surface area contributed by atoms with E-state index in [0.717, 1.165) is 63.7 Å². The van der Waals surface area contributed by atoms with E-state index in [1.807, 2.05) is 24.4 Å². The smallest absolute Gasteiger partial charge is 0.240 e. The van der Waals surface area contributed by atoms with Crippen molar-refractivity contribution in [2.45, 2.75) is 75.5 Å². The van der Waals surface area contributed by atoms with Gasteiger partial charge in [0.1, 0.15) is 5.54 Å². The maximum Gasteiger partial charge on any atom is 0.240 e. The standard InChI is InChI=1S/C21H31N3O2/c25-18-13-16(14-18)19(15-17-7-1-4-10-22-17)23-20(26)21(8-2-3-9-21)24-11-5-6-12-24/h1,4,7,10,16,18-19,25H,2-3,5-6,8-9,11-15H2,(H,23,26)/t16?,18?,19-/m1/s1. The van der Waals surface area contributed by atoms with Gasteiger partial charge in [-0.15, -0.1) is 0 Å². The Labute approximate surface area is 156 Å². The molecular formula is C21H31N3O2. The van der Waals surface area contributed by atoms with Crippen LogP contribution in [-0.4, -0.2) is 51.7 Å². The van der Waals surface area contributed by atoms with Gasteiger partial charge in [0, 0.05) is 24.4 Å². The van der Waals surface area contributed by atoms with E-state index in [9.17, 15) is 9.90 Å². The van der Waals surface area contributed by atoms with E-state index in [2.05, 4.69) is 15.2 Å². The molecule has 0 bridgehead atoms. The number of hydrogen-bond donors (Lipinski definition) is 2. The molecule has 0 aromatic carbocycles. The zero-order valence-electron chi connectivity index (χ0n) is 15.6. The van der Waals surface area contributed by atoms with Gasteiger partial charge in [-0.3, -0.25) is 14.7 Å². The normalized spacial score (nSPS) is 29.3. The SMILES string of the molecule is O=C(N[C@H](Cc1ccccn1)C1CC(O)C1)C1(N2CCCC2)CCCC1. The molecule has 2 saturated carbocycles. The van der Waals surface area contributed by atoms with Gasteiger partial charge in [-0.25, -0.2) is 0 Å². The van der Waals surface area contributed by atoms with Crippen molar-refractivity contribution in [2.24, 2.45) is 5.92 Å². The third kappa shape index (κ3) is 3.52. The van der Waals surface area contributed by atoms with Crippen LogP contribution in [-0.2, 0) is 11.2 Å². The number of nitrogens with zero attached hydrogens (tertiary/aromatic N) is 2. The number of aromatic nitrogens is 1. The maximum absolute atomic E-state index is 13.4. The number of carbonyl (C=O) groups is 1. The van der Waals surface area contributed by atoms with Crippen molar-refractivity contribution in [1.29, 1.82) is 0 Å². The van der Waals surface area contributed by atoms with Crippen LogP contribution in [0.4, 0.5) is 0 Å². The second-order valence-electron chi connectivity index (χ2n) is 8.42. The summed E-state index contributed by atoms with van der Waals surface area (Å²) in [7, 11) is 0. The number of aliphatic hydroxyl groups is 1. The average Bonchev–Trinajstić information content (AvgIpc) is 3.31. The summed E-state index contributed by atoms with van der Waals surface area (Å²) >= 11 is 0. The minimum atomic E-state index is -0.290. The zero-order valence-corrected chi connectivity index (χ0v) is 15.6. The highest BCUT2D eigenvalue weighted by molar-refractivity contribution is 5.87. The molecule has 3 aliphatic rings. The first-order valence-electron chi connectivity index (χ1n) is 10.3. The van der Waals surface area contributed by atoms with Gasteiger partial charge in [-0.2, -0.15) is 0 Å². The fourth-order valence-electron chi connectivity index (χ4n) is 5.13. The first-order chi connectivity index (χ1) is 12.7. The Kier molecular flexibility index (Phi) is 5.28. The summed E-state index contributed by atoms with van der Waals surface area (Å²) in [4.78, 5) is 20.3. The summed E-state index contributed by atoms with van der Waals surface area (Å²) in [5, 5.41) is 13.2. The molecule has 3 fully saturated rings. The molecule has 142 valence electrons. The van der Waals surface area contributed by atoms with E-state index in [1.165, 1.54) is 12.8 Å². The molecule has 5 heteroatoms. The molecule has 2 aliphatic carbocycles. The van der Waals surface area contributed by atoms with Crippen LogP contribution in [0.3, 0.4) is 0 Å². The quantitative estimate of drug-likeness (QED) is 0.820. The van der Waals surface area contributed by atoms with Crippen molar-refractivity contribution in [3.05, 3.63) is 30.1 Å². The van der Waals surface area contributed by atoms with Gasteiger partial charge in [-0.05, 0) is 69.7 Å². The summed E-state index contributed by atoms with van der Waals surface area (Å²) in [5.74, 6) is 0.576. The summed E-state index contributed by atoms with van der Waals surface area (Å²) in [6.07, 6.45) is 10.6. The molecule has 0 radical (unpaired) electrons. The topological polar surface area (TPSA) is 65.5 Å². The van der Waals surface area contributed by atoms with E-state index < -0.39 is 0 Å². The van der Waals surface area contributed by atoms with Crippen LogP contribution in [0.1, 0.15) is 57.1 Å². The van der Waals surface area contributed by atoms with Crippen molar-refractivity contribution >= 4 is 5.91 Å². The maximum atomic E-state index is 13.4. The summed E-state index contributed by atoms with van der Waals surface area (Å²) in [6, 6.07) is 6.02. The second kappa shape index (κ2) is 7.65. The van der Waals surface area contributed by atoms with Crippen molar-refractivity contribution in [3.8, 4) is 0 Å². The largest absolute Gasteiger partial charge is 0.393 e. The number of likely N-dealkylation sites (tertiary alicyclic amines) is 1. The second-order valence-corrected chi connectivity index (χ2v) is 8.42. The fraction of sp³-hybridized carbons (Fsp3) is 0.714. The van der Waals surface area contributed by atoms with Crippen molar-refractivity contribution < 1.29 is 9.90 Å². The lowest BCUT2D eigenvalue weighted by atomic mass is 9.75. The molecule has 1 aromatic heterocycles. The zero-order chi connectivity index (χ0) is 18.0. The van der Waals surface area contributed by atoms with Crippen molar-refractivity contribution in [2.75, 3.05) is 13.1 Å². The minimum absolute atomic E-state index is 0.0703. The number of carbonyl (C=O) groups excluding carboxylic acids is 1. The Bertz CT molecular complexity index is 603. The average molecular weight is 357 g/mol. The number of aliphatic hydroxyl groups excluding tert-OH is 1. The molecule has 4 rings (SSSR count). The lowest BCUT2D eigenvalue weighted by Gasteiger charge is -2.42. The Balaban J connectivity index is 1.49. The summed E-state index contributed by atoms with van der Waals surface area (Å²) in [5.41, 5.74) is 0.724. The third-order valence-electron chi connectivity index (χ3n) is 6.76. The highest BCUT2D eigenvalue weighted by Gasteiger charge is 2.48. The van der Waals surface area contributed by atoms with Gasteiger partial charge in [0.25, 0.3) is 0 Å². The van der Waals surface area contributed by atoms with E-state index in [4.69, 9.17) is 0 Å². The number of pyridine rings is 1. The lowest BCUT2D eigenvalue weighted by molar-refractivity contribution is -0.134. The molecule has 1 aromatic rings. The van der Waals surface area contributed by atoms with Crippen LogP contribution >= 0.6 is 0 Å². The molecule has 0 unspecified atom stereocenters. The van der Waals surface area contributed by atoms with Crippen LogP contribution in [0.25, 0.3) is 0 Å². The summed E-state index contributed by atoms with van der Waals surface area (Å²) < 4.78 is 0. The lowest BCUT2D eigenvalue weighted by Crippen LogP contribution is -2.60. The molecule has 2 heterocycles. The van der Waals surface area contributed by atoms with Crippen LogP contribution in [0.15, 0.2) is 24.4 Å². The molecule has 1 aliphatic heterocycles. The number of amides is 1. The van der Waals surface area contributed by atoms with Gasteiger partial charge >= 0.3 is 0 Å². The van der Waals surface area contributed by atoms with Crippen LogP contribution < -0.4 is 5.32 Å². The molecular weight excluding hydrogens is 326 g/mol. The number of hydrogen-bond acceptors (Lipinski definition) is 4. The van der Waals surface area contributed by atoms with Gasteiger partial charge in [0.2, 0.25) is 5.91 Å². The number of rotatable bonds is 6. The summed E-state index contributed by atoms with van der Waals surface area (Å²) in [6.45, 7) is 2.11. The highest BCUT2D eigenvalue weighted by Crippen LogP contribution is 2.39. The monoisotopic (exact) mass is 357 g/mol. The Morgan fingerprint density at radius 2 is 1.96 bits per heavy atom. The van der Waals surface area contributed by atoms with Gasteiger partial charge in [-0.1, -0.05) is 18.9 Å². The minimum Gasteiger partial charge on any atom is -0.393 e. The van der Waals surface area contributed by atoms with E-state index in [0.29, 0.717) is 5.92 Å². The molecule has 1 saturated heterocycles. The van der Waals surface area contributed by atoms with Gasteiger partial charge in [0.05, 0.1) is 6.10 Å². The first kappa shape index (κ1) is 17.9. The predicted octanol–water partition coefficient (Wildman–Crippen LogP) is 2.29. The molecule has 0 spiro atoms. The van der Waals surface area contributed by atoms with Gasteiger partial charge < -0.3 is 10.4 Å². The van der Waals surface area contributed by atoms with Crippen molar-refractivity contribution in [1.82, 2.24) is 15.2 Å².